The molecule has 0 unspecified atom stereocenters. The van der Waals surface area contributed by atoms with Gasteiger partial charge in [-0.05, 0) is 36.4 Å². The minimum absolute atomic E-state index is 0.411. The molecule has 0 bridgehead atoms. The SMILES string of the molecule is COC(=O)c1ccc(CSc2nnc(-c3ccc(Cl)cc3)o2)nc1. The van der Waals surface area contributed by atoms with Crippen LogP contribution in [0.3, 0.4) is 0 Å². The van der Waals surface area contributed by atoms with Crippen molar-refractivity contribution in [3.05, 3.63) is 58.9 Å². The second-order valence-electron chi connectivity index (χ2n) is 4.70. The summed E-state index contributed by atoms with van der Waals surface area (Å²) >= 11 is 7.22. The van der Waals surface area contributed by atoms with E-state index in [0.717, 1.165) is 11.3 Å². The molecular weight excluding hydrogens is 350 g/mol. The molecule has 1 aromatic carbocycles. The van der Waals surface area contributed by atoms with Crippen LogP contribution in [0, 0.1) is 0 Å². The number of esters is 1. The number of benzene rings is 1. The average Bonchev–Trinajstić information content (AvgIpc) is 3.09. The van der Waals surface area contributed by atoms with E-state index in [1.165, 1.54) is 25.1 Å². The minimum Gasteiger partial charge on any atom is -0.465 e. The lowest BCUT2D eigenvalue weighted by Gasteiger charge is -2.00. The van der Waals surface area contributed by atoms with Gasteiger partial charge < -0.3 is 9.15 Å². The fraction of sp³-hybridized carbons (Fsp3) is 0.125. The van der Waals surface area contributed by atoms with Gasteiger partial charge in [0.05, 0.1) is 18.4 Å². The number of methoxy groups -OCH3 is 1. The minimum atomic E-state index is -0.411. The predicted octanol–water partition coefficient (Wildman–Crippen LogP) is 3.86. The Bertz CT molecular complexity index is 835. The first-order chi connectivity index (χ1) is 11.7. The number of halogens is 1. The van der Waals surface area contributed by atoms with Crippen LogP contribution < -0.4 is 0 Å². The highest BCUT2D eigenvalue weighted by Gasteiger charge is 2.10. The largest absolute Gasteiger partial charge is 0.465 e. The zero-order valence-corrected chi connectivity index (χ0v) is 14.2. The van der Waals surface area contributed by atoms with Gasteiger partial charge in [-0.3, -0.25) is 4.98 Å². The van der Waals surface area contributed by atoms with E-state index in [1.807, 2.05) is 12.1 Å². The van der Waals surface area contributed by atoms with Crippen molar-refractivity contribution >= 4 is 29.3 Å². The van der Waals surface area contributed by atoms with E-state index in [0.29, 0.717) is 27.5 Å². The number of ether oxygens (including phenoxy) is 1. The van der Waals surface area contributed by atoms with Gasteiger partial charge in [0, 0.05) is 22.5 Å². The fourth-order valence-corrected chi connectivity index (χ4v) is 2.67. The van der Waals surface area contributed by atoms with Gasteiger partial charge in [-0.2, -0.15) is 0 Å². The van der Waals surface area contributed by atoms with Crippen LogP contribution in [0.1, 0.15) is 16.1 Å². The van der Waals surface area contributed by atoms with Crippen molar-refractivity contribution < 1.29 is 13.9 Å². The molecule has 0 radical (unpaired) electrons. The molecule has 122 valence electrons. The molecule has 2 heterocycles. The number of hydrogen-bond acceptors (Lipinski definition) is 7. The van der Waals surface area contributed by atoms with Crippen molar-refractivity contribution in [1.29, 1.82) is 0 Å². The lowest BCUT2D eigenvalue weighted by Crippen LogP contribution is -2.02. The smallest absolute Gasteiger partial charge is 0.339 e. The van der Waals surface area contributed by atoms with Crippen molar-refractivity contribution in [2.24, 2.45) is 0 Å². The third-order valence-corrected chi connectivity index (χ3v) is 4.19. The fourth-order valence-electron chi connectivity index (χ4n) is 1.86. The van der Waals surface area contributed by atoms with Gasteiger partial charge in [0.1, 0.15) is 0 Å². The number of rotatable bonds is 5. The van der Waals surface area contributed by atoms with Gasteiger partial charge in [-0.25, -0.2) is 4.79 Å². The summed E-state index contributed by atoms with van der Waals surface area (Å²) in [6.45, 7) is 0. The molecule has 8 heteroatoms. The number of carbonyl (C=O) groups is 1. The summed E-state index contributed by atoms with van der Waals surface area (Å²) in [5, 5.41) is 9.11. The standard InChI is InChI=1S/C16H12ClN3O3S/c1-22-15(21)11-4-7-13(18-8-11)9-24-16-20-19-14(23-16)10-2-5-12(17)6-3-10/h2-8H,9H2,1H3. The van der Waals surface area contributed by atoms with Gasteiger partial charge in [-0.1, -0.05) is 23.4 Å². The highest BCUT2D eigenvalue weighted by Crippen LogP contribution is 2.26. The Morgan fingerprint density at radius 1 is 1.21 bits per heavy atom. The molecule has 3 rings (SSSR count). The van der Waals surface area contributed by atoms with E-state index >= 15 is 0 Å². The van der Waals surface area contributed by atoms with E-state index in [1.54, 1.807) is 24.3 Å². The van der Waals surface area contributed by atoms with Crippen LogP contribution in [0.25, 0.3) is 11.5 Å². The van der Waals surface area contributed by atoms with Crippen LogP contribution in [0.4, 0.5) is 0 Å². The molecule has 0 aliphatic heterocycles. The van der Waals surface area contributed by atoms with Gasteiger partial charge >= 0.3 is 5.97 Å². The lowest BCUT2D eigenvalue weighted by molar-refractivity contribution is 0.0600. The summed E-state index contributed by atoms with van der Waals surface area (Å²) in [4.78, 5) is 15.6. The Morgan fingerprint density at radius 3 is 2.67 bits per heavy atom. The molecule has 2 aromatic heterocycles. The molecule has 0 N–H and O–H groups in total. The Hall–Kier alpha value is -2.38. The van der Waals surface area contributed by atoms with Crippen LogP contribution in [-0.2, 0) is 10.5 Å². The van der Waals surface area contributed by atoms with Crippen LogP contribution in [0.5, 0.6) is 0 Å². The quantitative estimate of drug-likeness (QED) is 0.504. The first-order valence-corrected chi connectivity index (χ1v) is 8.27. The summed E-state index contributed by atoms with van der Waals surface area (Å²) in [6.07, 6.45) is 1.48. The zero-order chi connectivity index (χ0) is 16.9. The first-order valence-electron chi connectivity index (χ1n) is 6.91. The highest BCUT2D eigenvalue weighted by atomic mass is 35.5. The van der Waals surface area contributed by atoms with E-state index in [2.05, 4.69) is 19.9 Å². The maximum Gasteiger partial charge on any atom is 0.339 e. The topological polar surface area (TPSA) is 78.1 Å². The lowest BCUT2D eigenvalue weighted by atomic mass is 10.2. The van der Waals surface area contributed by atoms with Gasteiger partial charge in [-0.15, -0.1) is 10.2 Å². The summed E-state index contributed by atoms with van der Waals surface area (Å²) in [6, 6.07) is 10.6. The number of thioether (sulfide) groups is 1. The molecule has 0 amide bonds. The van der Waals surface area contributed by atoms with Crippen LogP contribution in [0.15, 0.2) is 52.2 Å². The molecule has 0 aliphatic rings. The maximum absolute atomic E-state index is 11.4. The van der Waals surface area contributed by atoms with Gasteiger partial charge in [0.25, 0.3) is 5.22 Å². The summed E-state index contributed by atoms with van der Waals surface area (Å²) < 4.78 is 10.2. The summed E-state index contributed by atoms with van der Waals surface area (Å²) in [5.41, 5.74) is 2.01. The van der Waals surface area contributed by atoms with Crippen LogP contribution in [0.2, 0.25) is 5.02 Å². The van der Waals surface area contributed by atoms with Crippen LogP contribution >= 0.6 is 23.4 Å². The van der Waals surface area contributed by atoms with Crippen molar-refractivity contribution in [3.63, 3.8) is 0 Å². The van der Waals surface area contributed by atoms with Crippen molar-refractivity contribution in [1.82, 2.24) is 15.2 Å². The monoisotopic (exact) mass is 361 g/mol. The summed E-state index contributed by atoms with van der Waals surface area (Å²) in [7, 11) is 1.33. The molecule has 24 heavy (non-hydrogen) atoms. The molecule has 0 saturated heterocycles. The maximum atomic E-state index is 11.4. The Balaban J connectivity index is 1.63. The third kappa shape index (κ3) is 3.93. The molecule has 0 atom stereocenters. The number of aromatic nitrogens is 3. The number of carbonyl (C=O) groups excluding carboxylic acids is 1. The molecule has 6 nitrogen and oxygen atoms in total. The molecular formula is C16H12ClN3O3S. The zero-order valence-electron chi connectivity index (χ0n) is 12.6. The Morgan fingerprint density at radius 2 is 2.00 bits per heavy atom. The molecule has 0 spiro atoms. The van der Waals surface area contributed by atoms with Crippen molar-refractivity contribution in [2.75, 3.05) is 7.11 Å². The van der Waals surface area contributed by atoms with E-state index in [9.17, 15) is 4.79 Å². The summed E-state index contributed by atoms with van der Waals surface area (Å²) in [5.74, 6) is 0.568. The van der Waals surface area contributed by atoms with Crippen LogP contribution in [-0.4, -0.2) is 28.3 Å². The average molecular weight is 362 g/mol. The number of pyridine rings is 1. The molecule has 0 aliphatic carbocycles. The molecule has 0 fully saturated rings. The van der Waals surface area contributed by atoms with Gasteiger partial charge in [0.15, 0.2) is 0 Å². The van der Waals surface area contributed by atoms with E-state index in [4.69, 9.17) is 16.0 Å². The second-order valence-corrected chi connectivity index (χ2v) is 6.06. The van der Waals surface area contributed by atoms with E-state index < -0.39 is 5.97 Å². The Kier molecular flexibility index (Phi) is 5.12. The second kappa shape index (κ2) is 7.46. The molecule has 3 aromatic rings. The normalized spacial score (nSPS) is 10.6. The van der Waals surface area contributed by atoms with Crippen molar-refractivity contribution in [3.8, 4) is 11.5 Å². The number of hydrogen-bond donors (Lipinski definition) is 0. The Labute approximate surface area is 147 Å². The number of nitrogens with zero attached hydrogens (tertiary/aromatic N) is 3. The predicted molar refractivity (Wildman–Crippen MR) is 89.9 cm³/mol. The van der Waals surface area contributed by atoms with E-state index in [-0.39, 0.29) is 0 Å². The highest BCUT2D eigenvalue weighted by molar-refractivity contribution is 7.98. The first kappa shape index (κ1) is 16.5. The van der Waals surface area contributed by atoms with Gasteiger partial charge in [0.2, 0.25) is 5.89 Å². The van der Waals surface area contributed by atoms with Crippen molar-refractivity contribution in [2.45, 2.75) is 11.0 Å². The third-order valence-electron chi connectivity index (χ3n) is 3.09. The molecule has 0 saturated carbocycles.